The first-order valence-electron chi connectivity index (χ1n) is 10.0. The Kier molecular flexibility index (Phi) is 5.75. The minimum Gasteiger partial charge on any atom is -0.497 e. The Balaban J connectivity index is 1.58. The first kappa shape index (κ1) is 19.6. The van der Waals surface area contributed by atoms with E-state index in [4.69, 9.17) is 9.72 Å². The Morgan fingerprint density at radius 1 is 0.967 bits per heavy atom. The lowest BCUT2D eigenvalue weighted by Crippen LogP contribution is -2.26. The molecule has 0 saturated heterocycles. The van der Waals surface area contributed by atoms with E-state index in [0.29, 0.717) is 12.1 Å². The van der Waals surface area contributed by atoms with Gasteiger partial charge in [-0.15, -0.1) is 0 Å². The molecule has 4 heteroatoms. The third-order valence-electron chi connectivity index (χ3n) is 5.24. The van der Waals surface area contributed by atoms with Gasteiger partial charge in [0.05, 0.1) is 23.9 Å². The highest BCUT2D eigenvalue weighted by molar-refractivity contribution is 6.07. The van der Waals surface area contributed by atoms with Crippen LogP contribution < -0.4 is 10.1 Å². The number of nitrogens with zero attached hydrogens (tertiary/aromatic N) is 1. The second-order valence-electron chi connectivity index (χ2n) is 7.24. The maximum atomic E-state index is 13.1. The average molecular weight is 396 g/mol. The highest BCUT2D eigenvalue weighted by Gasteiger charge is 2.14. The zero-order chi connectivity index (χ0) is 20.9. The van der Waals surface area contributed by atoms with Gasteiger partial charge in [-0.25, -0.2) is 4.98 Å². The summed E-state index contributed by atoms with van der Waals surface area (Å²) in [6.45, 7) is 2.61. The standard InChI is InChI=1S/C26H24N2O2/c1-18-7-3-4-8-21(18)25-17-23(22-9-5-6-10-24(22)28-25)26(29)27-16-15-19-11-13-20(30-2)14-12-19/h3-14,17H,15-16H2,1-2H3,(H,27,29). The van der Waals surface area contributed by atoms with Crippen LogP contribution >= 0.6 is 0 Å². The highest BCUT2D eigenvalue weighted by atomic mass is 16.5. The van der Waals surface area contributed by atoms with Gasteiger partial charge in [0.15, 0.2) is 0 Å². The fourth-order valence-corrected chi connectivity index (χ4v) is 3.57. The number of amides is 1. The Labute approximate surface area is 176 Å². The number of methoxy groups -OCH3 is 1. The summed E-state index contributed by atoms with van der Waals surface area (Å²) in [5.41, 5.74) is 5.59. The molecule has 4 nitrogen and oxygen atoms in total. The van der Waals surface area contributed by atoms with Crippen molar-refractivity contribution in [3.05, 3.63) is 95.6 Å². The van der Waals surface area contributed by atoms with Gasteiger partial charge < -0.3 is 10.1 Å². The fraction of sp³-hybridized carbons (Fsp3) is 0.154. The van der Waals surface area contributed by atoms with Gasteiger partial charge in [-0.3, -0.25) is 4.79 Å². The van der Waals surface area contributed by atoms with Crippen molar-refractivity contribution in [2.75, 3.05) is 13.7 Å². The number of nitrogens with one attached hydrogen (secondary N) is 1. The summed E-state index contributed by atoms with van der Waals surface area (Å²) >= 11 is 0. The smallest absolute Gasteiger partial charge is 0.252 e. The number of carbonyl (C=O) groups excluding carboxylic acids is 1. The molecule has 1 N–H and O–H groups in total. The molecule has 0 spiro atoms. The molecule has 150 valence electrons. The minimum atomic E-state index is -0.0862. The van der Waals surface area contributed by atoms with E-state index in [-0.39, 0.29) is 5.91 Å². The van der Waals surface area contributed by atoms with Crippen LogP contribution in [0.15, 0.2) is 78.9 Å². The summed E-state index contributed by atoms with van der Waals surface area (Å²) in [5.74, 6) is 0.742. The molecule has 0 aliphatic carbocycles. The van der Waals surface area contributed by atoms with Gasteiger partial charge >= 0.3 is 0 Å². The van der Waals surface area contributed by atoms with E-state index in [1.165, 1.54) is 0 Å². The number of benzene rings is 3. The van der Waals surface area contributed by atoms with Crippen LogP contribution in [0.25, 0.3) is 22.2 Å². The van der Waals surface area contributed by atoms with Gasteiger partial charge in [-0.1, -0.05) is 54.6 Å². The van der Waals surface area contributed by atoms with Crippen molar-refractivity contribution in [3.8, 4) is 17.0 Å². The molecule has 0 aliphatic rings. The lowest BCUT2D eigenvalue weighted by molar-refractivity contribution is 0.0955. The van der Waals surface area contributed by atoms with Crippen molar-refractivity contribution in [1.82, 2.24) is 10.3 Å². The summed E-state index contributed by atoms with van der Waals surface area (Å²) < 4.78 is 5.19. The molecule has 1 aromatic heterocycles. The molecule has 0 radical (unpaired) electrons. The van der Waals surface area contributed by atoms with Crippen molar-refractivity contribution in [3.63, 3.8) is 0 Å². The number of pyridine rings is 1. The Morgan fingerprint density at radius 2 is 1.70 bits per heavy atom. The molecular weight excluding hydrogens is 372 g/mol. The number of rotatable bonds is 6. The molecule has 0 bridgehead atoms. The number of hydrogen-bond acceptors (Lipinski definition) is 3. The van der Waals surface area contributed by atoms with Crippen molar-refractivity contribution in [2.24, 2.45) is 0 Å². The van der Waals surface area contributed by atoms with Crippen LogP contribution in [0, 0.1) is 6.92 Å². The van der Waals surface area contributed by atoms with Gasteiger partial charge in [-0.2, -0.15) is 0 Å². The van der Waals surface area contributed by atoms with E-state index in [0.717, 1.165) is 45.5 Å². The topological polar surface area (TPSA) is 51.2 Å². The SMILES string of the molecule is COc1ccc(CCNC(=O)c2cc(-c3ccccc3C)nc3ccccc23)cc1. The summed E-state index contributed by atoms with van der Waals surface area (Å²) in [4.78, 5) is 17.9. The van der Waals surface area contributed by atoms with Gasteiger partial charge in [-0.05, 0) is 48.7 Å². The second-order valence-corrected chi connectivity index (χ2v) is 7.24. The maximum Gasteiger partial charge on any atom is 0.252 e. The van der Waals surface area contributed by atoms with Crippen LogP contribution in [0.4, 0.5) is 0 Å². The number of carbonyl (C=O) groups is 1. The van der Waals surface area contributed by atoms with Gasteiger partial charge in [0.2, 0.25) is 0 Å². The molecule has 0 fully saturated rings. The lowest BCUT2D eigenvalue weighted by Gasteiger charge is -2.12. The third-order valence-corrected chi connectivity index (χ3v) is 5.24. The first-order valence-corrected chi connectivity index (χ1v) is 10.0. The number of hydrogen-bond donors (Lipinski definition) is 1. The molecule has 0 aliphatic heterocycles. The van der Waals surface area contributed by atoms with Gasteiger partial charge in [0, 0.05) is 17.5 Å². The van der Waals surface area contributed by atoms with Crippen molar-refractivity contribution in [1.29, 1.82) is 0 Å². The molecule has 1 heterocycles. The monoisotopic (exact) mass is 396 g/mol. The van der Waals surface area contributed by atoms with Crippen LogP contribution in [-0.4, -0.2) is 24.5 Å². The van der Waals surface area contributed by atoms with Crippen LogP contribution in [-0.2, 0) is 6.42 Å². The molecule has 1 amide bonds. The normalized spacial score (nSPS) is 10.7. The van der Waals surface area contributed by atoms with Crippen LogP contribution in [0.3, 0.4) is 0 Å². The Bertz CT molecular complexity index is 1180. The summed E-state index contributed by atoms with van der Waals surface area (Å²) in [7, 11) is 1.65. The van der Waals surface area contributed by atoms with Crippen LogP contribution in [0.2, 0.25) is 0 Å². The van der Waals surface area contributed by atoms with Crippen LogP contribution in [0.1, 0.15) is 21.5 Å². The average Bonchev–Trinajstić information content (AvgIpc) is 2.79. The van der Waals surface area contributed by atoms with E-state index < -0.39 is 0 Å². The molecule has 4 aromatic rings. The van der Waals surface area contributed by atoms with Crippen LogP contribution in [0.5, 0.6) is 5.75 Å². The predicted octanol–water partition coefficient (Wildman–Crippen LogP) is 5.19. The number of para-hydroxylation sites is 1. The number of ether oxygens (including phenoxy) is 1. The number of aromatic nitrogens is 1. The van der Waals surface area contributed by atoms with Crippen molar-refractivity contribution in [2.45, 2.75) is 13.3 Å². The summed E-state index contributed by atoms with van der Waals surface area (Å²) in [5, 5.41) is 3.92. The fourth-order valence-electron chi connectivity index (χ4n) is 3.57. The zero-order valence-corrected chi connectivity index (χ0v) is 17.2. The largest absolute Gasteiger partial charge is 0.497 e. The highest BCUT2D eigenvalue weighted by Crippen LogP contribution is 2.27. The quantitative estimate of drug-likeness (QED) is 0.488. The first-order chi connectivity index (χ1) is 14.7. The lowest BCUT2D eigenvalue weighted by atomic mass is 10.0. The molecule has 0 unspecified atom stereocenters. The van der Waals surface area contributed by atoms with Gasteiger partial charge in [0.1, 0.15) is 5.75 Å². The maximum absolute atomic E-state index is 13.1. The second kappa shape index (κ2) is 8.78. The molecule has 3 aromatic carbocycles. The van der Waals surface area contributed by atoms with E-state index in [1.54, 1.807) is 7.11 Å². The Hall–Kier alpha value is -3.66. The Morgan fingerprint density at radius 3 is 2.47 bits per heavy atom. The summed E-state index contributed by atoms with van der Waals surface area (Å²) in [6, 6.07) is 25.7. The van der Waals surface area contributed by atoms with E-state index in [9.17, 15) is 4.79 Å². The molecule has 0 atom stereocenters. The molecular formula is C26H24N2O2. The molecule has 0 saturated carbocycles. The van der Waals surface area contributed by atoms with Crippen molar-refractivity contribution >= 4 is 16.8 Å². The summed E-state index contributed by atoms with van der Waals surface area (Å²) in [6.07, 6.45) is 0.753. The molecule has 30 heavy (non-hydrogen) atoms. The van der Waals surface area contributed by atoms with Crippen molar-refractivity contribution < 1.29 is 9.53 Å². The molecule has 4 rings (SSSR count). The predicted molar refractivity (Wildman–Crippen MR) is 121 cm³/mol. The number of fused-ring (bicyclic) bond motifs is 1. The van der Waals surface area contributed by atoms with E-state index in [1.807, 2.05) is 72.8 Å². The minimum absolute atomic E-state index is 0.0862. The third kappa shape index (κ3) is 4.18. The zero-order valence-electron chi connectivity index (χ0n) is 17.2. The van der Waals surface area contributed by atoms with E-state index >= 15 is 0 Å². The number of aryl methyl sites for hydroxylation is 1. The van der Waals surface area contributed by atoms with Gasteiger partial charge in [0.25, 0.3) is 5.91 Å². The van der Waals surface area contributed by atoms with E-state index in [2.05, 4.69) is 18.3 Å².